The van der Waals surface area contributed by atoms with Gasteiger partial charge in [0, 0.05) is 11.1 Å². The zero-order chi connectivity index (χ0) is 13.4. The number of benzene rings is 1. The summed E-state index contributed by atoms with van der Waals surface area (Å²) in [5, 5.41) is 4.53. The van der Waals surface area contributed by atoms with E-state index in [9.17, 15) is 0 Å². The lowest BCUT2D eigenvalue weighted by molar-refractivity contribution is 0.473. The van der Waals surface area contributed by atoms with Gasteiger partial charge in [0.15, 0.2) is 0 Å². The fourth-order valence-electron chi connectivity index (χ4n) is 2.29. The van der Waals surface area contributed by atoms with Gasteiger partial charge in [0.05, 0.1) is 0 Å². The standard InChI is InChI=1S/C16H26ClN/c1-4-6-7-11-16(18-12-5-2)14-9-8-10-15(17)13(14)3/h8-10,16,18H,4-7,11-12H2,1-3H3. The molecule has 0 spiro atoms. The largest absolute Gasteiger partial charge is 0.310 e. The number of nitrogens with one attached hydrogen (secondary N) is 1. The molecule has 102 valence electrons. The van der Waals surface area contributed by atoms with E-state index in [4.69, 9.17) is 11.6 Å². The van der Waals surface area contributed by atoms with E-state index in [0.29, 0.717) is 6.04 Å². The van der Waals surface area contributed by atoms with Gasteiger partial charge in [0.2, 0.25) is 0 Å². The first-order chi connectivity index (χ1) is 8.70. The van der Waals surface area contributed by atoms with Crippen molar-refractivity contribution in [1.82, 2.24) is 5.32 Å². The van der Waals surface area contributed by atoms with Crippen LogP contribution in [-0.2, 0) is 0 Å². The summed E-state index contributed by atoms with van der Waals surface area (Å²) in [6.07, 6.45) is 6.24. The molecule has 0 heterocycles. The van der Waals surface area contributed by atoms with Crippen molar-refractivity contribution in [2.45, 2.75) is 58.9 Å². The van der Waals surface area contributed by atoms with Crippen molar-refractivity contribution in [1.29, 1.82) is 0 Å². The van der Waals surface area contributed by atoms with Crippen molar-refractivity contribution in [3.8, 4) is 0 Å². The van der Waals surface area contributed by atoms with Gasteiger partial charge in [-0.05, 0) is 43.5 Å². The molecule has 1 unspecified atom stereocenters. The Morgan fingerprint density at radius 2 is 1.94 bits per heavy atom. The molecule has 0 fully saturated rings. The molecule has 0 saturated heterocycles. The van der Waals surface area contributed by atoms with E-state index in [2.05, 4.69) is 38.2 Å². The van der Waals surface area contributed by atoms with E-state index in [0.717, 1.165) is 11.6 Å². The minimum Gasteiger partial charge on any atom is -0.310 e. The SMILES string of the molecule is CCCCCC(NCCC)c1cccc(Cl)c1C. The molecule has 0 bridgehead atoms. The quantitative estimate of drug-likeness (QED) is 0.633. The second-order valence-corrected chi connectivity index (χ2v) is 5.36. The predicted molar refractivity (Wildman–Crippen MR) is 81.4 cm³/mol. The summed E-state index contributed by atoms with van der Waals surface area (Å²) in [6, 6.07) is 6.70. The number of hydrogen-bond donors (Lipinski definition) is 1. The summed E-state index contributed by atoms with van der Waals surface area (Å²) in [6.45, 7) is 7.65. The molecule has 1 nitrogen and oxygen atoms in total. The molecule has 1 rings (SSSR count). The van der Waals surface area contributed by atoms with E-state index >= 15 is 0 Å². The van der Waals surface area contributed by atoms with Crippen LogP contribution < -0.4 is 5.32 Å². The monoisotopic (exact) mass is 267 g/mol. The first kappa shape index (κ1) is 15.5. The minimum absolute atomic E-state index is 0.454. The molecular formula is C16H26ClN. The van der Waals surface area contributed by atoms with Gasteiger partial charge in [-0.3, -0.25) is 0 Å². The highest BCUT2D eigenvalue weighted by Crippen LogP contribution is 2.27. The molecule has 18 heavy (non-hydrogen) atoms. The lowest BCUT2D eigenvalue weighted by atomic mass is 9.96. The van der Waals surface area contributed by atoms with Crippen LogP contribution in [0.25, 0.3) is 0 Å². The van der Waals surface area contributed by atoms with Gasteiger partial charge in [0.1, 0.15) is 0 Å². The molecule has 1 N–H and O–H groups in total. The number of rotatable bonds is 8. The van der Waals surface area contributed by atoms with Crippen LogP contribution in [0.3, 0.4) is 0 Å². The molecule has 1 aromatic carbocycles. The molecule has 0 amide bonds. The molecule has 0 aliphatic carbocycles. The van der Waals surface area contributed by atoms with Crippen LogP contribution in [0.15, 0.2) is 18.2 Å². The van der Waals surface area contributed by atoms with Crippen LogP contribution in [0.1, 0.15) is 63.1 Å². The first-order valence-corrected chi connectivity index (χ1v) is 7.56. The molecular weight excluding hydrogens is 242 g/mol. The van der Waals surface area contributed by atoms with Gasteiger partial charge in [0.25, 0.3) is 0 Å². The van der Waals surface area contributed by atoms with Gasteiger partial charge in [-0.15, -0.1) is 0 Å². The summed E-state index contributed by atoms with van der Waals surface area (Å²) >= 11 is 6.23. The topological polar surface area (TPSA) is 12.0 Å². The van der Waals surface area contributed by atoms with Crippen molar-refractivity contribution in [2.75, 3.05) is 6.54 Å². The summed E-state index contributed by atoms with van der Waals surface area (Å²) in [5.74, 6) is 0. The molecule has 1 aromatic rings. The van der Waals surface area contributed by atoms with Crippen molar-refractivity contribution in [3.05, 3.63) is 34.3 Å². The van der Waals surface area contributed by atoms with Crippen LogP contribution >= 0.6 is 11.6 Å². The molecule has 0 radical (unpaired) electrons. The molecule has 0 saturated carbocycles. The molecule has 2 heteroatoms. The molecule has 1 atom stereocenters. The van der Waals surface area contributed by atoms with E-state index in [-0.39, 0.29) is 0 Å². The summed E-state index contributed by atoms with van der Waals surface area (Å²) in [7, 11) is 0. The summed E-state index contributed by atoms with van der Waals surface area (Å²) in [5.41, 5.74) is 2.59. The average Bonchev–Trinajstić information content (AvgIpc) is 2.37. The van der Waals surface area contributed by atoms with Gasteiger partial charge in [-0.2, -0.15) is 0 Å². The maximum Gasteiger partial charge on any atom is 0.0438 e. The fourth-order valence-corrected chi connectivity index (χ4v) is 2.47. The third-order valence-electron chi connectivity index (χ3n) is 3.42. The fraction of sp³-hybridized carbons (Fsp3) is 0.625. The third kappa shape index (κ3) is 4.62. The second-order valence-electron chi connectivity index (χ2n) is 4.96. The number of halogens is 1. The Labute approximate surface area is 117 Å². The zero-order valence-corrected chi connectivity index (χ0v) is 12.7. The lowest BCUT2D eigenvalue weighted by Gasteiger charge is -2.21. The Kier molecular flexibility index (Phi) is 7.38. The highest BCUT2D eigenvalue weighted by Gasteiger charge is 2.13. The summed E-state index contributed by atoms with van der Waals surface area (Å²) < 4.78 is 0. The maximum absolute atomic E-state index is 6.23. The van der Waals surface area contributed by atoms with E-state index in [1.54, 1.807) is 0 Å². The van der Waals surface area contributed by atoms with Gasteiger partial charge < -0.3 is 5.32 Å². The smallest absolute Gasteiger partial charge is 0.0438 e. The van der Waals surface area contributed by atoms with Crippen LogP contribution in [0.2, 0.25) is 5.02 Å². The Bertz CT molecular complexity index is 349. The Morgan fingerprint density at radius 1 is 1.17 bits per heavy atom. The number of hydrogen-bond acceptors (Lipinski definition) is 1. The van der Waals surface area contributed by atoms with Crippen molar-refractivity contribution in [3.63, 3.8) is 0 Å². The molecule has 0 aliphatic rings. The van der Waals surface area contributed by atoms with Gasteiger partial charge >= 0.3 is 0 Å². The van der Waals surface area contributed by atoms with E-state index in [1.165, 1.54) is 43.2 Å². The van der Waals surface area contributed by atoms with Crippen LogP contribution in [0.4, 0.5) is 0 Å². The second kappa shape index (κ2) is 8.55. The Hall–Kier alpha value is -0.530. The van der Waals surface area contributed by atoms with Crippen LogP contribution in [0.5, 0.6) is 0 Å². The lowest BCUT2D eigenvalue weighted by Crippen LogP contribution is -2.23. The summed E-state index contributed by atoms with van der Waals surface area (Å²) in [4.78, 5) is 0. The Morgan fingerprint density at radius 3 is 2.61 bits per heavy atom. The number of unbranched alkanes of at least 4 members (excludes halogenated alkanes) is 2. The van der Waals surface area contributed by atoms with Gasteiger partial charge in [-0.25, -0.2) is 0 Å². The van der Waals surface area contributed by atoms with Crippen LogP contribution in [0, 0.1) is 6.92 Å². The van der Waals surface area contributed by atoms with Crippen molar-refractivity contribution < 1.29 is 0 Å². The minimum atomic E-state index is 0.454. The van der Waals surface area contributed by atoms with Gasteiger partial charge in [-0.1, -0.05) is 56.8 Å². The highest BCUT2D eigenvalue weighted by atomic mass is 35.5. The average molecular weight is 268 g/mol. The first-order valence-electron chi connectivity index (χ1n) is 7.19. The third-order valence-corrected chi connectivity index (χ3v) is 3.83. The van der Waals surface area contributed by atoms with E-state index in [1.807, 2.05) is 6.07 Å². The van der Waals surface area contributed by atoms with Crippen molar-refractivity contribution in [2.24, 2.45) is 0 Å². The van der Waals surface area contributed by atoms with Crippen LogP contribution in [-0.4, -0.2) is 6.54 Å². The molecule has 0 aliphatic heterocycles. The van der Waals surface area contributed by atoms with Crippen molar-refractivity contribution >= 4 is 11.6 Å². The maximum atomic E-state index is 6.23. The predicted octanol–water partition coefficient (Wildman–Crippen LogP) is 5.27. The zero-order valence-electron chi connectivity index (χ0n) is 11.9. The van der Waals surface area contributed by atoms with E-state index < -0.39 is 0 Å². The Balaban J connectivity index is 2.76. The highest BCUT2D eigenvalue weighted by molar-refractivity contribution is 6.31. The molecule has 0 aromatic heterocycles. The normalized spacial score (nSPS) is 12.7.